The van der Waals surface area contributed by atoms with Crippen LogP contribution >= 0.6 is 0 Å². The minimum Gasteiger partial charge on any atom is -0.393 e. The summed E-state index contributed by atoms with van der Waals surface area (Å²) < 4.78 is 0. The summed E-state index contributed by atoms with van der Waals surface area (Å²) >= 11 is 0. The maximum Gasteiger partial charge on any atom is 0.245 e. The molecule has 0 aromatic carbocycles. The second-order valence-electron chi connectivity index (χ2n) is 12.0. The highest BCUT2D eigenvalue weighted by atomic mass is 16.7. The smallest absolute Gasteiger partial charge is 0.245 e. The molecule has 0 heterocycles. The third kappa shape index (κ3) is 3.87. The molecule has 1 amide bonds. The maximum absolute atomic E-state index is 12.2. The molecule has 0 saturated heterocycles. The van der Waals surface area contributed by atoms with Crippen LogP contribution in [-0.4, -0.2) is 47.5 Å². The van der Waals surface area contributed by atoms with E-state index in [1.54, 1.807) is 14.2 Å². The Kier molecular flexibility index (Phi) is 6.53. The van der Waals surface area contributed by atoms with Gasteiger partial charge in [-0.2, -0.15) is 0 Å². The van der Waals surface area contributed by atoms with Gasteiger partial charge >= 0.3 is 0 Å². The highest BCUT2D eigenvalue weighted by molar-refractivity contribution is 5.74. The largest absolute Gasteiger partial charge is 0.393 e. The van der Waals surface area contributed by atoms with E-state index >= 15 is 0 Å². The number of hydrogen-bond donors (Lipinski definition) is 2. The van der Waals surface area contributed by atoms with Crippen LogP contribution in [0.25, 0.3) is 0 Å². The summed E-state index contributed by atoms with van der Waals surface area (Å²) in [7, 11) is 3.23. The molecule has 4 rings (SSSR count). The first-order chi connectivity index (χ1) is 14.6. The molecule has 0 radical (unpaired) electrons. The molecule has 0 spiro atoms. The summed E-state index contributed by atoms with van der Waals surface area (Å²) in [5, 5.41) is 22.8. The molecule has 10 atom stereocenters. The number of rotatable bonds is 5. The van der Waals surface area contributed by atoms with Crippen molar-refractivity contribution < 1.29 is 19.8 Å². The van der Waals surface area contributed by atoms with Crippen LogP contribution in [0.15, 0.2) is 0 Å². The van der Waals surface area contributed by atoms with Crippen molar-refractivity contribution in [2.75, 3.05) is 14.2 Å². The zero-order valence-electron chi connectivity index (χ0n) is 20.3. The monoisotopic (exact) mass is 435 g/mol. The van der Waals surface area contributed by atoms with E-state index in [4.69, 9.17) is 4.84 Å². The van der Waals surface area contributed by atoms with Gasteiger partial charge < -0.3 is 10.2 Å². The first-order valence-electron chi connectivity index (χ1n) is 12.8. The third-order valence-corrected chi connectivity index (χ3v) is 10.9. The van der Waals surface area contributed by atoms with Crippen LogP contribution < -0.4 is 0 Å². The summed E-state index contributed by atoms with van der Waals surface area (Å²) in [6.07, 6.45) is 9.74. The Morgan fingerprint density at radius 1 is 1.03 bits per heavy atom. The van der Waals surface area contributed by atoms with E-state index in [2.05, 4.69) is 20.8 Å². The topological polar surface area (TPSA) is 70.0 Å². The molecule has 0 bridgehead atoms. The van der Waals surface area contributed by atoms with E-state index < -0.39 is 0 Å². The normalized spacial score (nSPS) is 47.8. The van der Waals surface area contributed by atoms with E-state index in [1.807, 2.05) is 0 Å². The molecule has 0 aromatic heterocycles. The van der Waals surface area contributed by atoms with Crippen molar-refractivity contribution in [3.8, 4) is 0 Å². The lowest BCUT2D eigenvalue weighted by Gasteiger charge is -2.62. The van der Waals surface area contributed by atoms with Crippen molar-refractivity contribution in [1.82, 2.24) is 5.06 Å². The Hall–Kier alpha value is -0.650. The predicted octanol–water partition coefficient (Wildman–Crippen LogP) is 4.41. The third-order valence-electron chi connectivity index (χ3n) is 10.9. The second-order valence-corrected chi connectivity index (χ2v) is 12.0. The van der Waals surface area contributed by atoms with Crippen LogP contribution in [0, 0.1) is 46.3 Å². The average Bonchev–Trinajstić information content (AvgIpc) is 3.10. The zero-order valence-corrected chi connectivity index (χ0v) is 20.3. The Labute approximate surface area is 188 Å². The Morgan fingerprint density at radius 3 is 2.42 bits per heavy atom. The van der Waals surface area contributed by atoms with Gasteiger partial charge in [-0.15, -0.1) is 0 Å². The van der Waals surface area contributed by atoms with E-state index in [0.29, 0.717) is 41.4 Å². The lowest BCUT2D eigenvalue weighted by atomic mass is 9.44. The second kappa shape index (κ2) is 8.61. The minimum absolute atomic E-state index is 0.0617. The minimum atomic E-state index is -0.262. The van der Waals surface area contributed by atoms with Crippen LogP contribution in [0.5, 0.6) is 0 Å². The number of hydrogen-bond acceptors (Lipinski definition) is 4. The van der Waals surface area contributed by atoms with Gasteiger partial charge in [0, 0.05) is 13.5 Å². The van der Waals surface area contributed by atoms with Crippen molar-refractivity contribution in [2.45, 2.75) is 97.2 Å². The Balaban J connectivity index is 1.47. The van der Waals surface area contributed by atoms with Crippen LogP contribution in [0.1, 0.15) is 85.0 Å². The van der Waals surface area contributed by atoms with Gasteiger partial charge in [-0.3, -0.25) is 9.63 Å². The highest BCUT2D eigenvalue weighted by Crippen LogP contribution is 2.68. The van der Waals surface area contributed by atoms with Gasteiger partial charge in [0.25, 0.3) is 0 Å². The predicted molar refractivity (Wildman–Crippen MR) is 121 cm³/mol. The number of hydroxylamine groups is 2. The van der Waals surface area contributed by atoms with Gasteiger partial charge in [-0.05, 0) is 104 Å². The first kappa shape index (κ1) is 23.5. The number of nitrogens with zero attached hydrogens (tertiary/aromatic N) is 1. The molecule has 4 saturated carbocycles. The molecular weight excluding hydrogens is 390 g/mol. The fourth-order valence-corrected chi connectivity index (χ4v) is 9.07. The molecule has 7 unspecified atom stereocenters. The van der Waals surface area contributed by atoms with Crippen molar-refractivity contribution in [3.05, 3.63) is 0 Å². The molecule has 31 heavy (non-hydrogen) atoms. The molecule has 2 N–H and O–H groups in total. The molecule has 178 valence electrons. The number of aliphatic hydroxyl groups is 2. The lowest BCUT2D eigenvalue weighted by molar-refractivity contribution is -0.173. The van der Waals surface area contributed by atoms with Crippen LogP contribution in [-0.2, 0) is 9.63 Å². The Bertz CT molecular complexity index is 670. The molecule has 0 aliphatic heterocycles. The summed E-state index contributed by atoms with van der Waals surface area (Å²) in [4.78, 5) is 17.3. The number of fused-ring (bicyclic) bond motifs is 5. The molecule has 4 aliphatic carbocycles. The standard InChI is InChI=1S/C26H45NO4/c1-16(6-9-24(30)27(4)31-5)19-7-8-20-18-15-23(29)22-14-17(28)10-12-26(22,3)21(18)11-13-25(19,20)2/h16-23,28-29H,6-15H2,1-5H3/t16?,17-,18?,19?,20?,21?,22+,23+,25?,26?/m1/s1. The summed E-state index contributed by atoms with van der Waals surface area (Å²) in [6.45, 7) is 7.30. The quantitative estimate of drug-likeness (QED) is 0.628. The summed E-state index contributed by atoms with van der Waals surface area (Å²) in [5.41, 5.74) is 0.512. The summed E-state index contributed by atoms with van der Waals surface area (Å²) in [6, 6.07) is 0. The van der Waals surface area contributed by atoms with Crippen molar-refractivity contribution in [1.29, 1.82) is 0 Å². The van der Waals surface area contributed by atoms with Gasteiger partial charge in [0.2, 0.25) is 5.91 Å². The average molecular weight is 436 g/mol. The van der Waals surface area contributed by atoms with Gasteiger partial charge in [0.1, 0.15) is 0 Å². The summed E-state index contributed by atoms with van der Waals surface area (Å²) in [5.74, 6) is 3.52. The number of carbonyl (C=O) groups excluding carboxylic acids is 1. The van der Waals surface area contributed by atoms with Crippen LogP contribution in [0.4, 0.5) is 0 Å². The van der Waals surface area contributed by atoms with Crippen molar-refractivity contribution in [3.63, 3.8) is 0 Å². The molecule has 5 heteroatoms. The molecule has 0 aromatic rings. The molecular formula is C26H45NO4. The van der Waals surface area contributed by atoms with Crippen molar-refractivity contribution in [2.24, 2.45) is 46.3 Å². The number of aliphatic hydroxyl groups excluding tert-OH is 2. The zero-order chi connectivity index (χ0) is 22.6. The first-order valence-corrected chi connectivity index (χ1v) is 12.8. The van der Waals surface area contributed by atoms with Crippen molar-refractivity contribution >= 4 is 5.91 Å². The highest BCUT2D eigenvalue weighted by Gasteiger charge is 2.62. The number of amides is 1. The fourth-order valence-electron chi connectivity index (χ4n) is 9.07. The van der Waals surface area contributed by atoms with E-state index in [1.165, 1.54) is 30.7 Å². The van der Waals surface area contributed by atoms with E-state index in [0.717, 1.165) is 32.1 Å². The van der Waals surface area contributed by atoms with Gasteiger partial charge in [0.15, 0.2) is 0 Å². The van der Waals surface area contributed by atoms with Gasteiger partial charge in [-0.25, -0.2) is 5.06 Å². The van der Waals surface area contributed by atoms with Crippen LogP contribution in [0.2, 0.25) is 0 Å². The molecule has 5 nitrogen and oxygen atoms in total. The van der Waals surface area contributed by atoms with Crippen LogP contribution in [0.3, 0.4) is 0 Å². The SMILES string of the molecule is CON(C)C(=O)CCC(C)C1CCC2C3C[C@H](O)[C@@H]4C[C@H](O)CCC4(C)C3CCC12C. The van der Waals surface area contributed by atoms with E-state index in [9.17, 15) is 15.0 Å². The molecule has 4 aliphatic rings. The Morgan fingerprint density at radius 2 is 1.71 bits per heavy atom. The number of carbonyl (C=O) groups is 1. The van der Waals surface area contributed by atoms with Gasteiger partial charge in [0.05, 0.1) is 19.3 Å². The fraction of sp³-hybridized carbons (Fsp3) is 0.962. The maximum atomic E-state index is 12.2. The lowest BCUT2D eigenvalue weighted by Crippen LogP contribution is -2.58. The van der Waals surface area contributed by atoms with Gasteiger partial charge in [-0.1, -0.05) is 20.8 Å². The van der Waals surface area contributed by atoms with E-state index in [-0.39, 0.29) is 29.4 Å². The molecule has 4 fully saturated rings.